The number of halogens is 1. The van der Waals surface area contributed by atoms with E-state index in [9.17, 15) is 4.79 Å². The van der Waals surface area contributed by atoms with E-state index in [4.69, 9.17) is 4.74 Å². The van der Waals surface area contributed by atoms with Gasteiger partial charge in [-0.2, -0.15) is 0 Å². The number of carbonyl (C=O) groups is 1. The smallest absolute Gasteiger partial charge is 0.228 e. The molecule has 94 valence electrons. The Bertz CT molecular complexity index is 226. The number of hydrogen-bond acceptors (Lipinski definition) is 3. The van der Waals surface area contributed by atoms with E-state index in [0.29, 0.717) is 12.6 Å². The maximum absolute atomic E-state index is 12.1. The summed E-state index contributed by atoms with van der Waals surface area (Å²) in [5.74, 6) is 0.368. The van der Waals surface area contributed by atoms with Crippen molar-refractivity contribution in [3.8, 4) is 0 Å². The average Bonchev–Trinajstić information content (AvgIpc) is 2.82. The number of nitrogens with zero attached hydrogens (tertiary/aromatic N) is 1. The third-order valence-corrected chi connectivity index (χ3v) is 3.44. The number of ether oxygens (including phenoxy) is 1. The monoisotopic (exact) mass is 248 g/mol. The van der Waals surface area contributed by atoms with Crippen molar-refractivity contribution >= 4 is 18.3 Å². The van der Waals surface area contributed by atoms with Crippen LogP contribution in [-0.4, -0.2) is 50.2 Å². The molecule has 0 bridgehead atoms. The summed E-state index contributed by atoms with van der Waals surface area (Å²) >= 11 is 0. The van der Waals surface area contributed by atoms with Gasteiger partial charge in [0.25, 0.3) is 0 Å². The fourth-order valence-corrected chi connectivity index (χ4v) is 2.37. The van der Waals surface area contributed by atoms with Crippen LogP contribution in [0.4, 0.5) is 0 Å². The van der Waals surface area contributed by atoms with Crippen LogP contribution in [0.15, 0.2) is 0 Å². The Morgan fingerprint density at radius 1 is 1.44 bits per heavy atom. The lowest BCUT2D eigenvalue weighted by Gasteiger charge is -2.30. The van der Waals surface area contributed by atoms with Gasteiger partial charge in [0.2, 0.25) is 5.91 Å². The van der Waals surface area contributed by atoms with E-state index < -0.39 is 0 Å². The van der Waals surface area contributed by atoms with Crippen LogP contribution >= 0.6 is 12.4 Å². The van der Waals surface area contributed by atoms with Gasteiger partial charge in [0.1, 0.15) is 0 Å². The summed E-state index contributed by atoms with van der Waals surface area (Å²) in [6.45, 7) is 3.40. The Hall–Kier alpha value is -0.320. The van der Waals surface area contributed by atoms with E-state index in [1.165, 1.54) is 0 Å². The van der Waals surface area contributed by atoms with Gasteiger partial charge in [0.15, 0.2) is 0 Å². The summed E-state index contributed by atoms with van der Waals surface area (Å²) in [4.78, 5) is 14.0. The molecule has 2 heterocycles. The maximum Gasteiger partial charge on any atom is 0.228 e. The number of rotatable bonds is 2. The molecule has 2 rings (SSSR count). The molecule has 0 saturated carbocycles. The predicted octanol–water partition coefficient (Wildman–Crippen LogP) is 0.655. The summed E-state index contributed by atoms with van der Waals surface area (Å²) in [6.07, 6.45) is 3.09. The van der Waals surface area contributed by atoms with Crippen LogP contribution in [0.1, 0.15) is 19.3 Å². The molecule has 2 saturated heterocycles. The lowest BCUT2D eigenvalue weighted by Crippen LogP contribution is -2.43. The Balaban J connectivity index is 0.00000128. The van der Waals surface area contributed by atoms with Crippen molar-refractivity contribution in [3.05, 3.63) is 0 Å². The van der Waals surface area contributed by atoms with Crippen LogP contribution in [0.25, 0.3) is 0 Å². The van der Waals surface area contributed by atoms with Crippen molar-refractivity contribution in [1.82, 2.24) is 10.2 Å². The first-order valence-electron chi connectivity index (χ1n) is 5.84. The summed E-state index contributed by atoms with van der Waals surface area (Å²) < 4.78 is 5.35. The highest BCUT2D eigenvalue weighted by Crippen LogP contribution is 2.18. The van der Waals surface area contributed by atoms with Gasteiger partial charge in [0.05, 0.1) is 12.5 Å². The van der Waals surface area contributed by atoms with Gasteiger partial charge in [-0.15, -0.1) is 12.4 Å². The molecule has 1 N–H and O–H groups in total. The van der Waals surface area contributed by atoms with E-state index in [2.05, 4.69) is 5.32 Å². The summed E-state index contributed by atoms with van der Waals surface area (Å²) in [5.41, 5.74) is 0. The molecule has 2 fully saturated rings. The van der Waals surface area contributed by atoms with E-state index in [0.717, 1.165) is 39.0 Å². The van der Waals surface area contributed by atoms with Gasteiger partial charge in [-0.1, -0.05) is 0 Å². The molecular weight excluding hydrogens is 228 g/mol. The highest BCUT2D eigenvalue weighted by Gasteiger charge is 2.29. The number of carbonyl (C=O) groups excluding carboxylic acids is 1. The first kappa shape index (κ1) is 13.7. The fourth-order valence-electron chi connectivity index (χ4n) is 2.37. The molecule has 4 nitrogen and oxygen atoms in total. The summed E-state index contributed by atoms with van der Waals surface area (Å²) in [6, 6.07) is 0.388. The topological polar surface area (TPSA) is 41.6 Å². The minimum atomic E-state index is 0. The largest absolute Gasteiger partial charge is 0.381 e. The molecule has 2 aliphatic rings. The molecule has 2 atom stereocenters. The Morgan fingerprint density at radius 2 is 2.25 bits per heavy atom. The zero-order chi connectivity index (χ0) is 10.7. The molecular formula is C11H21ClN2O2. The van der Waals surface area contributed by atoms with Crippen molar-refractivity contribution in [3.63, 3.8) is 0 Å². The van der Waals surface area contributed by atoms with Crippen molar-refractivity contribution in [2.45, 2.75) is 25.3 Å². The molecule has 0 aromatic carbocycles. The minimum absolute atomic E-state index is 0. The van der Waals surface area contributed by atoms with Crippen LogP contribution in [-0.2, 0) is 9.53 Å². The fraction of sp³-hybridized carbons (Fsp3) is 0.909. The molecule has 5 heteroatoms. The quantitative estimate of drug-likeness (QED) is 0.781. The molecule has 1 amide bonds. The first-order valence-corrected chi connectivity index (χ1v) is 5.84. The van der Waals surface area contributed by atoms with Crippen molar-refractivity contribution < 1.29 is 9.53 Å². The third-order valence-electron chi connectivity index (χ3n) is 3.44. The molecule has 16 heavy (non-hydrogen) atoms. The second-order valence-corrected chi connectivity index (χ2v) is 4.51. The number of hydrogen-bond donors (Lipinski definition) is 1. The van der Waals surface area contributed by atoms with Gasteiger partial charge >= 0.3 is 0 Å². The standard InChI is InChI=1S/C11H20N2O2.ClH/c1-13(10-4-5-12-7-10)11(14)9-3-2-6-15-8-9;/h9-10,12H,2-8H2,1H3;1H/t9?,10-;/m0./s1. The van der Waals surface area contributed by atoms with Crippen LogP contribution in [0.3, 0.4) is 0 Å². The normalized spacial score (nSPS) is 29.6. The molecule has 1 unspecified atom stereocenters. The molecule has 0 spiro atoms. The summed E-state index contributed by atoms with van der Waals surface area (Å²) in [7, 11) is 1.93. The van der Waals surface area contributed by atoms with E-state index in [1.54, 1.807) is 0 Å². The van der Waals surface area contributed by atoms with Crippen molar-refractivity contribution in [2.75, 3.05) is 33.4 Å². The Labute approximate surface area is 103 Å². The lowest BCUT2D eigenvalue weighted by atomic mass is 10.00. The Kier molecular flexibility index (Phi) is 5.52. The lowest BCUT2D eigenvalue weighted by molar-refractivity contribution is -0.140. The average molecular weight is 249 g/mol. The maximum atomic E-state index is 12.1. The molecule has 2 aliphatic heterocycles. The highest BCUT2D eigenvalue weighted by molar-refractivity contribution is 5.85. The van der Waals surface area contributed by atoms with Crippen LogP contribution in [0.5, 0.6) is 0 Å². The number of likely N-dealkylation sites (N-methyl/N-ethyl adjacent to an activating group) is 1. The van der Waals surface area contributed by atoms with Crippen molar-refractivity contribution in [2.24, 2.45) is 5.92 Å². The number of amides is 1. The van der Waals surface area contributed by atoms with Gasteiger partial charge in [-0.05, 0) is 25.8 Å². The van der Waals surface area contributed by atoms with Gasteiger partial charge in [-0.3, -0.25) is 4.79 Å². The third kappa shape index (κ3) is 3.09. The van der Waals surface area contributed by atoms with Gasteiger partial charge < -0.3 is 15.0 Å². The van der Waals surface area contributed by atoms with E-state index in [-0.39, 0.29) is 24.2 Å². The van der Waals surface area contributed by atoms with Crippen LogP contribution in [0.2, 0.25) is 0 Å². The molecule has 0 aromatic rings. The van der Waals surface area contributed by atoms with E-state index >= 15 is 0 Å². The minimum Gasteiger partial charge on any atom is -0.381 e. The second kappa shape index (κ2) is 6.42. The second-order valence-electron chi connectivity index (χ2n) is 4.51. The van der Waals surface area contributed by atoms with Gasteiger partial charge in [-0.25, -0.2) is 0 Å². The van der Waals surface area contributed by atoms with Crippen LogP contribution in [0, 0.1) is 5.92 Å². The predicted molar refractivity (Wildman–Crippen MR) is 64.8 cm³/mol. The van der Waals surface area contributed by atoms with Gasteiger partial charge in [0, 0.05) is 26.2 Å². The van der Waals surface area contributed by atoms with Crippen molar-refractivity contribution in [1.29, 1.82) is 0 Å². The molecule has 0 aromatic heterocycles. The zero-order valence-electron chi connectivity index (χ0n) is 9.78. The molecule has 0 aliphatic carbocycles. The molecule has 0 radical (unpaired) electrons. The van der Waals surface area contributed by atoms with E-state index in [1.807, 2.05) is 11.9 Å². The SMILES string of the molecule is CN(C(=O)C1CCCOC1)[C@H]1CCNC1.Cl. The number of nitrogens with one attached hydrogen (secondary N) is 1. The van der Waals surface area contributed by atoms with Crippen LogP contribution < -0.4 is 5.32 Å². The first-order chi connectivity index (χ1) is 7.29. The Morgan fingerprint density at radius 3 is 2.81 bits per heavy atom. The summed E-state index contributed by atoms with van der Waals surface area (Å²) in [5, 5.41) is 3.29. The zero-order valence-corrected chi connectivity index (χ0v) is 10.6. The highest BCUT2D eigenvalue weighted by atomic mass is 35.5.